The third kappa shape index (κ3) is 3.38. The van der Waals surface area contributed by atoms with Crippen LogP contribution in [0, 0.1) is 13.8 Å². The fraction of sp³-hybridized carbons (Fsp3) is 0.211. The second-order valence-corrected chi connectivity index (χ2v) is 5.92. The number of pyridine rings is 1. The number of aromatic nitrogens is 3. The molecule has 0 saturated carbocycles. The molecule has 1 amide bonds. The van der Waals surface area contributed by atoms with Crippen LogP contribution in [0.3, 0.4) is 0 Å². The van der Waals surface area contributed by atoms with Gasteiger partial charge in [0, 0.05) is 42.8 Å². The number of nitrogens with one attached hydrogen (secondary N) is 1. The van der Waals surface area contributed by atoms with Gasteiger partial charge in [-0.2, -0.15) is 5.10 Å². The van der Waals surface area contributed by atoms with Gasteiger partial charge in [-0.15, -0.1) is 0 Å². The van der Waals surface area contributed by atoms with Crippen molar-refractivity contribution < 1.29 is 4.79 Å². The summed E-state index contributed by atoms with van der Waals surface area (Å²) in [6.07, 6.45) is 1.57. The van der Waals surface area contributed by atoms with Gasteiger partial charge >= 0.3 is 0 Å². The number of carbonyl (C=O) groups is 1. The Kier molecular flexibility index (Phi) is 4.52. The van der Waals surface area contributed by atoms with Gasteiger partial charge in [0.1, 0.15) is 0 Å². The van der Waals surface area contributed by atoms with E-state index >= 15 is 0 Å². The fourth-order valence-electron chi connectivity index (χ4n) is 2.76. The van der Waals surface area contributed by atoms with Crippen LogP contribution in [0.15, 0.2) is 53.5 Å². The number of aryl methyl sites for hydroxylation is 2. The first kappa shape index (κ1) is 16.7. The largest absolute Gasteiger partial charge is 0.348 e. The van der Waals surface area contributed by atoms with Crippen molar-refractivity contribution in [1.82, 2.24) is 19.7 Å². The van der Waals surface area contributed by atoms with Crippen LogP contribution in [0.1, 0.15) is 27.3 Å². The first-order valence-corrected chi connectivity index (χ1v) is 8.03. The molecule has 6 heteroatoms. The molecule has 0 spiro atoms. The number of carbonyl (C=O) groups excluding carboxylic acids is 1. The molecule has 1 aromatic carbocycles. The number of para-hydroxylation sites is 1. The van der Waals surface area contributed by atoms with Gasteiger partial charge in [-0.3, -0.25) is 18.8 Å². The maximum absolute atomic E-state index is 12.5. The van der Waals surface area contributed by atoms with E-state index in [1.807, 2.05) is 51.2 Å². The summed E-state index contributed by atoms with van der Waals surface area (Å²) in [5, 5.41) is 7.25. The molecule has 128 valence electrons. The van der Waals surface area contributed by atoms with Gasteiger partial charge in [0.2, 0.25) is 0 Å². The van der Waals surface area contributed by atoms with E-state index in [0.717, 1.165) is 22.6 Å². The van der Waals surface area contributed by atoms with Crippen molar-refractivity contribution in [3.8, 4) is 5.69 Å². The average Bonchev–Trinajstić information content (AvgIpc) is 2.86. The van der Waals surface area contributed by atoms with Crippen molar-refractivity contribution in [2.24, 2.45) is 7.05 Å². The summed E-state index contributed by atoms with van der Waals surface area (Å²) < 4.78 is 3.27. The minimum Gasteiger partial charge on any atom is -0.348 e. The van der Waals surface area contributed by atoms with E-state index in [4.69, 9.17) is 0 Å². The van der Waals surface area contributed by atoms with Crippen molar-refractivity contribution in [1.29, 1.82) is 0 Å². The molecule has 25 heavy (non-hydrogen) atoms. The molecule has 0 fully saturated rings. The minimum absolute atomic E-state index is 0.179. The monoisotopic (exact) mass is 336 g/mol. The lowest BCUT2D eigenvalue weighted by molar-refractivity contribution is 0.0950. The van der Waals surface area contributed by atoms with Gasteiger partial charge in [-0.05, 0) is 32.0 Å². The molecule has 6 nitrogen and oxygen atoms in total. The van der Waals surface area contributed by atoms with Crippen LogP contribution in [-0.4, -0.2) is 20.3 Å². The molecule has 0 radical (unpaired) electrons. The molecule has 2 aromatic heterocycles. The SMILES string of the molecule is Cc1nn(C)c(C)c1CNC(=O)c1ccc(=O)n(-c2ccccc2)c1. The number of nitrogens with zero attached hydrogens (tertiary/aromatic N) is 3. The molecule has 0 aliphatic carbocycles. The van der Waals surface area contributed by atoms with Crippen LogP contribution < -0.4 is 10.9 Å². The molecule has 3 rings (SSSR count). The second kappa shape index (κ2) is 6.76. The van der Waals surface area contributed by atoms with Crippen LogP contribution in [-0.2, 0) is 13.6 Å². The van der Waals surface area contributed by atoms with E-state index in [0.29, 0.717) is 12.1 Å². The summed E-state index contributed by atoms with van der Waals surface area (Å²) in [5.74, 6) is -0.229. The van der Waals surface area contributed by atoms with E-state index in [2.05, 4.69) is 10.4 Å². The van der Waals surface area contributed by atoms with E-state index in [1.54, 1.807) is 16.9 Å². The zero-order valence-corrected chi connectivity index (χ0v) is 14.5. The van der Waals surface area contributed by atoms with Crippen LogP contribution in [0.5, 0.6) is 0 Å². The number of benzene rings is 1. The highest BCUT2D eigenvalue weighted by Crippen LogP contribution is 2.12. The molecule has 0 aliphatic rings. The van der Waals surface area contributed by atoms with Gasteiger partial charge in [0.15, 0.2) is 0 Å². The smallest absolute Gasteiger partial charge is 0.255 e. The Morgan fingerprint density at radius 1 is 1.12 bits per heavy atom. The molecule has 0 saturated heterocycles. The Balaban J connectivity index is 1.82. The van der Waals surface area contributed by atoms with Gasteiger partial charge in [-0.25, -0.2) is 0 Å². The molecule has 2 heterocycles. The topological polar surface area (TPSA) is 68.9 Å². The van der Waals surface area contributed by atoms with Gasteiger partial charge in [-0.1, -0.05) is 18.2 Å². The molecule has 0 unspecified atom stereocenters. The van der Waals surface area contributed by atoms with Crippen molar-refractivity contribution in [2.75, 3.05) is 0 Å². The summed E-state index contributed by atoms with van der Waals surface area (Å²) >= 11 is 0. The molecule has 0 bridgehead atoms. The average molecular weight is 336 g/mol. The standard InChI is InChI=1S/C19H20N4O2/c1-13-17(14(2)22(3)21-13)11-20-19(25)15-9-10-18(24)23(12-15)16-7-5-4-6-8-16/h4-10,12H,11H2,1-3H3,(H,20,25). The molecule has 0 atom stereocenters. The van der Waals surface area contributed by atoms with Crippen LogP contribution >= 0.6 is 0 Å². The van der Waals surface area contributed by atoms with Gasteiger partial charge < -0.3 is 5.32 Å². The summed E-state index contributed by atoms with van der Waals surface area (Å²) in [5.41, 5.74) is 3.90. The Morgan fingerprint density at radius 3 is 2.48 bits per heavy atom. The lowest BCUT2D eigenvalue weighted by atomic mass is 10.2. The molecule has 1 N–H and O–H groups in total. The summed E-state index contributed by atoms with van der Waals surface area (Å²) in [4.78, 5) is 24.6. The summed E-state index contributed by atoms with van der Waals surface area (Å²) in [7, 11) is 1.88. The number of rotatable bonds is 4. The number of hydrogen-bond acceptors (Lipinski definition) is 3. The Morgan fingerprint density at radius 2 is 1.84 bits per heavy atom. The molecular weight excluding hydrogens is 316 g/mol. The summed E-state index contributed by atoms with van der Waals surface area (Å²) in [6, 6.07) is 12.2. The van der Waals surface area contributed by atoms with Crippen molar-refractivity contribution >= 4 is 5.91 Å². The van der Waals surface area contributed by atoms with Gasteiger partial charge in [0.05, 0.1) is 11.3 Å². The first-order valence-electron chi connectivity index (χ1n) is 8.03. The molecule has 3 aromatic rings. The van der Waals surface area contributed by atoms with Crippen molar-refractivity contribution in [2.45, 2.75) is 20.4 Å². The maximum Gasteiger partial charge on any atom is 0.255 e. The third-order valence-corrected chi connectivity index (χ3v) is 4.29. The van der Waals surface area contributed by atoms with Crippen molar-refractivity contribution in [3.05, 3.63) is 81.5 Å². The lowest BCUT2D eigenvalue weighted by Crippen LogP contribution is -2.26. The van der Waals surface area contributed by atoms with Crippen LogP contribution in [0.4, 0.5) is 0 Å². The number of amides is 1. The quantitative estimate of drug-likeness (QED) is 0.793. The van der Waals surface area contributed by atoms with Crippen molar-refractivity contribution in [3.63, 3.8) is 0 Å². The normalized spacial score (nSPS) is 10.7. The van der Waals surface area contributed by atoms with Crippen LogP contribution in [0.2, 0.25) is 0 Å². The highest BCUT2D eigenvalue weighted by Gasteiger charge is 2.12. The molecule has 0 aliphatic heterocycles. The Bertz CT molecular complexity index is 971. The predicted molar refractivity (Wildman–Crippen MR) is 95.9 cm³/mol. The Hall–Kier alpha value is -3.15. The highest BCUT2D eigenvalue weighted by molar-refractivity contribution is 5.93. The maximum atomic E-state index is 12.5. The number of hydrogen-bond donors (Lipinski definition) is 1. The summed E-state index contributed by atoms with van der Waals surface area (Å²) in [6.45, 7) is 4.29. The Labute approximate surface area is 145 Å². The van der Waals surface area contributed by atoms with E-state index < -0.39 is 0 Å². The third-order valence-electron chi connectivity index (χ3n) is 4.29. The van der Waals surface area contributed by atoms with E-state index in [1.165, 1.54) is 10.6 Å². The van der Waals surface area contributed by atoms with Gasteiger partial charge in [0.25, 0.3) is 11.5 Å². The zero-order chi connectivity index (χ0) is 18.0. The predicted octanol–water partition coefficient (Wildman–Crippen LogP) is 2.12. The van der Waals surface area contributed by atoms with E-state index in [9.17, 15) is 9.59 Å². The lowest BCUT2D eigenvalue weighted by Gasteiger charge is -2.09. The molecular formula is C19H20N4O2. The fourth-order valence-corrected chi connectivity index (χ4v) is 2.76. The first-order chi connectivity index (χ1) is 12.0. The second-order valence-electron chi connectivity index (χ2n) is 5.92. The van der Waals surface area contributed by atoms with Crippen LogP contribution in [0.25, 0.3) is 5.69 Å². The van der Waals surface area contributed by atoms with E-state index in [-0.39, 0.29) is 11.5 Å². The highest BCUT2D eigenvalue weighted by atomic mass is 16.2. The zero-order valence-electron chi connectivity index (χ0n) is 14.5. The minimum atomic E-state index is -0.229.